The van der Waals surface area contributed by atoms with Crippen LogP contribution in [0.1, 0.15) is 42.6 Å². The standard InChI is InChI=1S/C17H20ClN3O2S2/c18-14-6-5-13(25-14)17-20-12(11-24-17)16(23)19-8-7-15(22)21-9-3-1-2-4-10-21/h5-6,11H,1-4,7-10H2,(H,19,23). The molecule has 1 aliphatic heterocycles. The minimum atomic E-state index is -0.242. The number of carbonyl (C=O) groups is 2. The molecule has 0 aliphatic carbocycles. The van der Waals surface area contributed by atoms with Crippen molar-refractivity contribution < 1.29 is 9.59 Å². The average Bonchev–Trinajstić information content (AvgIpc) is 3.16. The van der Waals surface area contributed by atoms with Crippen molar-refractivity contribution in [2.45, 2.75) is 32.1 Å². The molecule has 25 heavy (non-hydrogen) atoms. The van der Waals surface area contributed by atoms with E-state index in [0.29, 0.717) is 23.0 Å². The highest BCUT2D eigenvalue weighted by Crippen LogP contribution is 2.32. The van der Waals surface area contributed by atoms with Gasteiger partial charge in [-0.15, -0.1) is 22.7 Å². The molecular weight excluding hydrogens is 378 g/mol. The van der Waals surface area contributed by atoms with E-state index < -0.39 is 0 Å². The Morgan fingerprint density at radius 3 is 2.64 bits per heavy atom. The molecule has 0 radical (unpaired) electrons. The minimum Gasteiger partial charge on any atom is -0.350 e. The highest BCUT2D eigenvalue weighted by molar-refractivity contribution is 7.23. The number of carbonyl (C=O) groups excluding carboxylic acids is 2. The van der Waals surface area contributed by atoms with Crippen molar-refractivity contribution in [1.29, 1.82) is 0 Å². The second-order valence-corrected chi connectivity index (χ2v) is 8.52. The van der Waals surface area contributed by atoms with Crippen LogP contribution in [-0.2, 0) is 4.79 Å². The maximum atomic E-state index is 12.2. The molecule has 0 aromatic carbocycles. The Bertz CT molecular complexity index is 736. The Kier molecular flexibility index (Phi) is 6.45. The number of aromatic nitrogens is 1. The number of likely N-dealkylation sites (tertiary alicyclic amines) is 1. The SMILES string of the molecule is O=C(NCCC(=O)N1CCCCCC1)c1csc(-c2ccc(Cl)s2)n1. The fourth-order valence-corrected chi connectivity index (χ4v) is 4.69. The molecule has 1 aliphatic rings. The molecular formula is C17H20ClN3O2S2. The predicted octanol–water partition coefficient (Wildman–Crippen LogP) is 4.05. The van der Waals surface area contributed by atoms with Crippen LogP contribution in [-0.4, -0.2) is 41.3 Å². The molecule has 3 heterocycles. The molecule has 1 fully saturated rings. The Morgan fingerprint density at radius 1 is 1.20 bits per heavy atom. The molecule has 0 spiro atoms. The average molecular weight is 398 g/mol. The second-order valence-electron chi connectivity index (χ2n) is 5.94. The van der Waals surface area contributed by atoms with Crippen LogP contribution in [0, 0.1) is 0 Å². The number of hydrogen-bond donors (Lipinski definition) is 1. The minimum absolute atomic E-state index is 0.120. The zero-order valence-corrected chi connectivity index (χ0v) is 16.2. The van der Waals surface area contributed by atoms with Crippen molar-refractivity contribution in [3.05, 3.63) is 27.5 Å². The van der Waals surface area contributed by atoms with Crippen LogP contribution in [0.2, 0.25) is 4.34 Å². The summed E-state index contributed by atoms with van der Waals surface area (Å²) in [4.78, 5) is 31.6. The van der Waals surface area contributed by atoms with E-state index in [1.165, 1.54) is 35.5 Å². The van der Waals surface area contributed by atoms with E-state index in [-0.39, 0.29) is 11.8 Å². The second kappa shape index (κ2) is 8.78. The number of thiazole rings is 1. The maximum Gasteiger partial charge on any atom is 0.270 e. The summed E-state index contributed by atoms with van der Waals surface area (Å²) in [5.41, 5.74) is 0.381. The van der Waals surface area contributed by atoms with E-state index in [1.807, 2.05) is 17.0 Å². The molecule has 0 atom stereocenters. The van der Waals surface area contributed by atoms with Gasteiger partial charge in [-0.05, 0) is 25.0 Å². The summed E-state index contributed by atoms with van der Waals surface area (Å²) >= 11 is 8.78. The normalized spacial score (nSPS) is 15.0. The molecule has 2 aromatic heterocycles. The number of amides is 2. The number of thiophene rings is 1. The van der Waals surface area contributed by atoms with Gasteiger partial charge in [0.1, 0.15) is 10.7 Å². The molecule has 0 unspecified atom stereocenters. The van der Waals surface area contributed by atoms with Crippen LogP contribution in [0.25, 0.3) is 9.88 Å². The monoisotopic (exact) mass is 397 g/mol. The fourth-order valence-electron chi connectivity index (χ4n) is 2.77. The van der Waals surface area contributed by atoms with Crippen molar-refractivity contribution in [3.8, 4) is 9.88 Å². The van der Waals surface area contributed by atoms with Gasteiger partial charge >= 0.3 is 0 Å². The van der Waals surface area contributed by atoms with E-state index in [9.17, 15) is 9.59 Å². The van der Waals surface area contributed by atoms with Gasteiger partial charge in [0.25, 0.3) is 5.91 Å². The third kappa shape index (κ3) is 5.03. The maximum absolute atomic E-state index is 12.2. The van der Waals surface area contributed by atoms with Crippen LogP contribution in [0.15, 0.2) is 17.5 Å². The first kappa shape index (κ1) is 18.4. The first-order chi connectivity index (χ1) is 12.1. The van der Waals surface area contributed by atoms with E-state index in [2.05, 4.69) is 10.3 Å². The van der Waals surface area contributed by atoms with Crippen LogP contribution in [0.5, 0.6) is 0 Å². The Labute approximate surface area is 160 Å². The molecule has 2 amide bonds. The van der Waals surface area contributed by atoms with Gasteiger partial charge in [-0.2, -0.15) is 0 Å². The van der Waals surface area contributed by atoms with Crippen LogP contribution >= 0.6 is 34.3 Å². The topological polar surface area (TPSA) is 62.3 Å². The summed E-state index contributed by atoms with van der Waals surface area (Å²) in [6.07, 6.45) is 4.88. The largest absolute Gasteiger partial charge is 0.350 e. The molecule has 2 aromatic rings. The van der Waals surface area contributed by atoms with Crippen LogP contribution in [0.3, 0.4) is 0 Å². The first-order valence-electron chi connectivity index (χ1n) is 8.41. The first-order valence-corrected chi connectivity index (χ1v) is 10.5. The quantitative estimate of drug-likeness (QED) is 0.827. The summed E-state index contributed by atoms with van der Waals surface area (Å²) in [5, 5.41) is 5.30. The lowest BCUT2D eigenvalue weighted by Gasteiger charge is -2.20. The third-order valence-corrected chi connectivity index (χ3v) is 6.35. The molecule has 5 nitrogen and oxygen atoms in total. The summed E-state index contributed by atoms with van der Waals surface area (Å²) in [7, 11) is 0. The number of hydrogen-bond acceptors (Lipinski definition) is 5. The molecule has 8 heteroatoms. The van der Waals surface area contributed by atoms with Crippen LogP contribution in [0.4, 0.5) is 0 Å². The van der Waals surface area contributed by atoms with Gasteiger partial charge in [-0.3, -0.25) is 9.59 Å². The predicted molar refractivity (Wildman–Crippen MR) is 102 cm³/mol. The third-order valence-electron chi connectivity index (χ3n) is 4.10. The van der Waals surface area contributed by atoms with Gasteiger partial charge in [0.05, 0.1) is 9.21 Å². The number of nitrogens with zero attached hydrogens (tertiary/aromatic N) is 2. The summed E-state index contributed by atoms with van der Waals surface area (Å²) in [5.74, 6) is -0.122. The molecule has 0 saturated carbocycles. The van der Waals surface area contributed by atoms with Gasteiger partial charge in [-0.25, -0.2) is 4.98 Å². The lowest BCUT2D eigenvalue weighted by atomic mass is 10.2. The van der Waals surface area contributed by atoms with E-state index in [4.69, 9.17) is 11.6 Å². The molecule has 0 bridgehead atoms. The highest BCUT2D eigenvalue weighted by Gasteiger charge is 2.17. The van der Waals surface area contributed by atoms with E-state index >= 15 is 0 Å². The van der Waals surface area contributed by atoms with Gasteiger partial charge in [-0.1, -0.05) is 24.4 Å². The highest BCUT2D eigenvalue weighted by atomic mass is 35.5. The molecule has 134 valence electrons. The van der Waals surface area contributed by atoms with Crippen molar-refractivity contribution in [2.75, 3.05) is 19.6 Å². The Hall–Kier alpha value is -1.44. The van der Waals surface area contributed by atoms with E-state index in [0.717, 1.165) is 35.8 Å². The van der Waals surface area contributed by atoms with Crippen molar-refractivity contribution >= 4 is 46.1 Å². The van der Waals surface area contributed by atoms with Crippen molar-refractivity contribution in [1.82, 2.24) is 15.2 Å². The van der Waals surface area contributed by atoms with E-state index in [1.54, 1.807) is 5.38 Å². The number of rotatable bonds is 5. The van der Waals surface area contributed by atoms with Gasteiger partial charge in [0.2, 0.25) is 5.91 Å². The molecule has 1 N–H and O–H groups in total. The molecule has 1 saturated heterocycles. The number of nitrogens with one attached hydrogen (secondary N) is 1. The summed E-state index contributed by atoms with van der Waals surface area (Å²) in [6.45, 7) is 2.02. The fraction of sp³-hybridized carbons (Fsp3) is 0.471. The zero-order valence-electron chi connectivity index (χ0n) is 13.8. The molecule has 3 rings (SSSR count). The zero-order chi connectivity index (χ0) is 17.6. The lowest BCUT2D eigenvalue weighted by molar-refractivity contribution is -0.131. The Morgan fingerprint density at radius 2 is 1.96 bits per heavy atom. The smallest absolute Gasteiger partial charge is 0.270 e. The van der Waals surface area contributed by atoms with Gasteiger partial charge in [0.15, 0.2) is 0 Å². The summed E-state index contributed by atoms with van der Waals surface area (Å²) < 4.78 is 0.697. The van der Waals surface area contributed by atoms with Gasteiger partial charge < -0.3 is 10.2 Å². The number of halogens is 1. The Balaban J connectivity index is 1.48. The van der Waals surface area contributed by atoms with Gasteiger partial charge in [0, 0.05) is 31.4 Å². The van der Waals surface area contributed by atoms with Crippen LogP contribution < -0.4 is 5.32 Å². The van der Waals surface area contributed by atoms with Crippen molar-refractivity contribution in [3.63, 3.8) is 0 Å². The van der Waals surface area contributed by atoms with Crippen molar-refractivity contribution in [2.24, 2.45) is 0 Å². The lowest BCUT2D eigenvalue weighted by Crippen LogP contribution is -2.35. The summed E-state index contributed by atoms with van der Waals surface area (Å²) in [6, 6.07) is 3.71.